The number of nitrogens with zero attached hydrogens (tertiary/aromatic N) is 2. The molecule has 0 bridgehead atoms. The maximum absolute atomic E-state index is 12.4. The Labute approximate surface area is 125 Å². The van der Waals surface area contributed by atoms with Gasteiger partial charge in [-0.1, -0.05) is 0 Å². The molecule has 2 N–H and O–H groups in total. The molecule has 1 amide bonds. The lowest BCUT2D eigenvalue weighted by molar-refractivity contribution is -0.149. The standard InChI is InChI=1S/C14H12N2O6/c1-22-7-2-3-8-9(4-7)11(6-15)16(13(8)19)10(14(20)21)5-12(17)18/h2-4,10-11H,5H2,1H3,(H,17,18)(H,20,21). The number of ether oxygens (including phenoxy) is 1. The summed E-state index contributed by atoms with van der Waals surface area (Å²) in [7, 11) is 1.42. The van der Waals surface area contributed by atoms with E-state index in [1.54, 1.807) is 0 Å². The zero-order chi connectivity index (χ0) is 16.4. The Kier molecular flexibility index (Phi) is 3.99. The molecule has 2 atom stereocenters. The highest BCUT2D eigenvalue weighted by Crippen LogP contribution is 2.37. The van der Waals surface area contributed by atoms with Gasteiger partial charge in [0.2, 0.25) is 0 Å². The Morgan fingerprint density at radius 1 is 1.45 bits per heavy atom. The minimum Gasteiger partial charge on any atom is -0.497 e. The fourth-order valence-corrected chi connectivity index (χ4v) is 2.42. The molecule has 1 aliphatic heterocycles. The number of hydrogen-bond donors (Lipinski definition) is 2. The first kappa shape index (κ1) is 15.3. The smallest absolute Gasteiger partial charge is 0.327 e. The van der Waals surface area contributed by atoms with Crippen LogP contribution in [0.15, 0.2) is 18.2 Å². The predicted molar refractivity (Wildman–Crippen MR) is 71.2 cm³/mol. The first-order valence-electron chi connectivity index (χ1n) is 6.25. The van der Waals surface area contributed by atoms with Crippen LogP contribution in [0.2, 0.25) is 0 Å². The molecule has 2 unspecified atom stereocenters. The van der Waals surface area contributed by atoms with Gasteiger partial charge in [0.05, 0.1) is 19.6 Å². The van der Waals surface area contributed by atoms with Gasteiger partial charge in [-0.3, -0.25) is 9.59 Å². The van der Waals surface area contributed by atoms with E-state index in [2.05, 4.69) is 0 Å². The minimum atomic E-state index is -1.62. The second kappa shape index (κ2) is 5.73. The van der Waals surface area contributed by atoms with Crippen molar-refractivity contribution < 1.29 is 29.3 Å². The number of fused-ring (bicyclic) bond motifs is 1. The minimum absolute atomic E-state index is 0.170. The van der Waals surface area contributed by atoms with Crippen LogP contribution in [0.4, 0.5) is 0 Å². The molecule has 2 rings (SSSR count). The quantitative estimate of drug-likeness (QED) is 0.816. The summed E-state index contributed by atoms with van der Waals surface area (Å²) in [5.74, 6) is -3.11. The Balaban J connectivity index is 2.50. The van der Waals surface area contributed by atoms with Crippen molar-refractivity contribution in [2.24, 2.45) is 0 Å². The van der Waals surface area contributed by atoms with Gasteiger partial charge in [-0.2, -0.15) is 5.26 Å². The number of carboxylic acid groups (broad SMARTS) is 2. The molecule has 1 aliphatic rings. The van der Waals surface area contributed by atoms with Gasteiger partial charge in [0.25, 0.3) is 5.91 Å². The summed E-state index contributed by atoms with van der Waals surface area (Å²) in [6.07, 6.45) is -0.787. The summed E-state index contributed by atoms with van der Waals surface area (Å²) in [6.45, 7) is 0. The topological polar surface area (TPSA) is 128 Å². The van der Waals surface area contributed by atoms with Crippen LogP contribution in [0.5, 0.6) is 5.75 Å². The molecule has 8 heteroatoms. The van der Waals surface area contributed by atoms with E-state index in [1.807, 2.05) is 6.07 Å². The molecular formula is C14H12N2O6. The van der Waals surface area contributed by atoms with Crippen molar-refractivity contribution in [3.63, 3.8) is 0 Å². The fraction of sp³-hybridized carbons (Fsp3) is 0.286. The van der Waals surface area contributed by atoms with Gasteiger partial charge in [-0.25, -0.2) is 4.79 Å². The zero-order valence-electron chi connectivity index (χ0n) is 11.5. The second-order valence-electron chi connectivity index (χ2n) is 4.65. The van der Waals surface area contributed by atoms with Crippen molar-refractivity contribution in [2.75, 3.05) is 7.11 Å². The highest BCUT2D eigenvalue weighted by atomic mass is 16.5. The number of hydrogen-bond acceptors (Lipinski definition) is 5. The average Bonchev–Trinajstić information content (AvgIpc) is 2.75. The highest BCUT2D eigenvalue weighted by Gasteiger charge is 2.44. The molecule has 1 aromatic carbocycles. The SMILES string of the molecule is COc1ccc2c(c1)C(C#N)N(C(CC(=O)O)C(=O)O)C2=O. The molecule has 0 saturated heterocycles. The van der Waals surface area contributed by atoms with Crippen molar-refractivity contribution in [3.8, 4) is 11.8 Å². The zero-order valence-corrected chi connectivity index (χ0v) is 11.5. The van der Waals surface area contributed by atoms with Crippen molar-refractivity contribution in [1.82, 2.24) is 4.90 Å². The largest absolute Gasteiger partial charge is 0.497 e. The van der Waals surface area contributed by atoms with Gasteiger partial charge < -0.3 is 19.8 Å². The summed E-state index contributed by atoms with van der Waals surface area (Å²) in [6, 6.07) is 3.49. The first-order chi connectivity index (χ1) is 10.4. The molecule has 0 saturated carbocycles. The molecule has 0 aromatic heterocycles. The van der Waals surface area contributed by atoms with E-state index in [9.17, 15) is 24.8 Å². The van der Waals surface area contributed by atoms with E-state index in [4.69, 9.17) is 9.84 Å². The second-order valence-corrected chi connectivity index (χ2v) is 4.65. The summed E-state index contributed by atoms with van der Waals surface area (Å²) < 4.78 is 5.03. The van der Waals surface area contributed by atoms with Crippen LogP contribution in [0.25, 0.3) is 0 Å². The lowest BCUT2D eigenvalue weighted by Crippen LogP contribution is -2.44. The van der Waals surface area contributed by atoms with Crippen LogP contribution in [0, 0.1) is 11.3 Å². The van der Waals surface area contributed by atoms with Crippen molar-refractivity contribution in [2.45, 2.75) is 18.5 Å². The maximum Gasteiger partial charge on any atom is 0.327 e. The third kappa shape index (κ3) is 2.44. The molecule has 1 heterocycles. The molecule has 0 radical (unpaired) electrons. The average molecular weight is 304 g/mol. The molecule has 0 aliphatic carbocycles. The lowest BCUT2D eigenvalue weighted by atomic mass is 10.0. The van der Waals surface area contributed by atoms with Gasteiger partial charge in [-0.05, 0) is 18.2 Å². The summed E-state index contributed by atoms with van der Waals surface area (Å²) in [5, 5.41) is 27.3. The number of rotatable bonds is 5. The van der Waals surface area contributed by atoms with Crippen LogP contribution in [0.3, 0.4) is 0 Å². The Hall–Kier alpha value is -3.08. The summed E-state index contributed by atoms with van der Waals surface area (Å²) in [5.41, 5.74) is 0.479. The van der Waals surface area contributed by atoms with E-state index >= 15 is 0 Å². The van der Waals surface area contributed by atoms with Crippen molar-refractivity contribution in [3.05, 3.63) is 29.3 Å². The number of aliphatic carboxylic acids is 2. The van der Waals surface area contributed by atoms with Crippen LogP contribution in [-0.4, -0.2) is 46.1 Å². The lowest BCUT2D eigenvalue weighted by Gasteiger charge is -2.26. The third-order valence-corrected chi connectivity index (χ3v) is 3.41. The van der Waals surface area contributed by atoms with E-state index in [0.29, 0.717) is 11.3 Å². The Morgan fingerprint density at radius 3 is 2.64 bits per heavy atom. The van der Waals surface area contributed by atoms with E-state index in [0.717, 1.165) is 4.90 Å². The number of carbonyl (C=O) groups excluding carboxylic acids is 1. The third-order valence-electron chi connectivity index (χ3n) is 3.41. The summed E-state index contributed by atoms with van der Waals surface area (Å²) in [4.78, 5) is 35.3. The van der Waals surface area contributed by atoms with Crippen molar-refractivity contribution in [1.29, 1.82) is 5.26 Å². The molecule has 0 fully saturated rings. The number of carbonyl (C=O) groups is 3. The number of nitriles is 1. The monoisotopic (exact) mass is 304 g/mol. The molecule has 114 valence electrons. The molecule has 22 heavy (non-hydrogen) atoms. The van der Waals surface area contributed by atoms with Crippen LogP contribution in [-0.2, 0) is 9.59 Å². The van der Waals surface area contributed by atoms with Gasteiger partial charge in [-0.15, -0.1) is 0 Å². The Morgan fingerprint density at radius 2 is 2.14 bits per heavy atom. The van der Waals surface area contributed by atoms with E-state index in [-0.39, 0.29) is 5.56 Å². The first-order valence-corrected chi connectivity index (χ1v) is 6.25. The van der Waals surface area contributed by atoms with Gasteiger partial charge in [0, 0.05) is 11.1 Å². The van der Waals surface area contributed by atoms with Crippen LogP contribution < -0.4 is 4.74 Å². The normalized spacial score (nSPS) is 17.5. The van der Waals surface area contributed by atoms with Gasteiger partial charge in [0.1, 0.15) is 17.8 Å². The number of amides is 1. The van der Waals surface area contributed by atoms with Gasteiger partial charge >= 0.3 is 11.9 Å². The number of methoxy groups -OCH3 is 1. The predicted octanol–water partition coefficient (Wildman–Crippen LogP) is 0.644. The maximum atomic E-state index is 12.4. The van der Waals surface area contributed by atoms with Crippen LogP contribution in [0.1, 0.15) is 28.4 Å². The van der Waals surface area contributed by atoms with Crippen LogP contribution >= 0.6 is 0 Å². The van der Waals surface area contributed by atoms with E-state index < -0.39 is 36.4 Å². The molecular weight excluding hydrogens is 292 g/mol. The van der Waals surface area contributed by atoms with Crippen molar-refractivity contribution >= 4 is 17.8 Å². The highest BCUT2D eigenvalue weighted by molar-refractivity contribution is 6.02. The number of carboxylic acids is 2. The Bertz CT molecular complexity index is 693. The molecule has 1 aromatic rings. The van der Waals surface area contributed by atoms with E-state index in [1.165, 1.54) is 25.3 Å². The molecule has 0 spiro atoms. The fourth-order valence-electron chi connectivity index (χ4n) is 2.42. The number of benzene rings is 1. The summed E-state index contributed by atoms with van der Waals surface area (Å²) >= 11 is 0. The van der Waals surface area contributed by atoms with Gasteiger partial charge in [0.15, 0.2) is 0 Å². The molecule has 8 nitrogen and oxygen atoms in total.